The third-order valence-electron chi connectivity index (χ3n) is 4.76. The fraction of sp³-hybridized carbons (Fsp3) is 0.174. The van der Waals surface area contributed by atoms with E-state index in [0.29, 0.717) is 29.6 Å². The number of furan rings is 2. The van der Waals surface area contributed by atoms with E-state index in [9.17, 15) is 4.79 Å². The molecule has 28 heavy (non-hydrogen) atoms. The van der Waals surface area contributed by atoms with Gasteiger partial charge in [-0.1, -0.05) is 35.9 Å². The molecule has 0 saturated heterocycles. The molecule has 0 N–H and O–H groups in total. The van der Waals surface area contributed by atoms with Crippen molar-refractivity contribution >= 4 is 28.5 Å². The lowest BCUT2D eigenvalue weighted by Gasteiger charge is -2.21. The quantitative estimate of drug-likeness (QED) is 0.409. The van der Waals surface area contributed by atoms with Gasteiger partial charge in [0.2, 0.25) is 0 Å². The smallest absolute Gasteiger partial charge is 0.290 e. The summed E-state index contributed by atoms with van der Waals surface area (Å²) in [6.45, 7) is 4.66. The molecule has 0 fully saturated rings. The SMILES string of the molecule is Cc1ccc2c(C)c(C(=O)N(Cc3cccc(Cl)c3)Cc3ccco3)oc2c1. The van der Waals surface area contributed by atoms with Crippen LogP contribution in [0, 0.1) is 13.8 Å². The lowest BCUT2D eigenvalue weighted by Crippen LogP contribution is -2.30. The predicted molar refractivity (Wildman–Crippen MR) is 109 cm³/mol. The molecule has 0 spiro atoms. The van der Waals surface area contributed by atoms with E-state index in [-0.39, 0.29) is 5.91 Å². The van der Waals surface area contributed by atoms with E-state index in [1.54, 1.807) is 11.2 Å². The zero-order valence-electron chi connectivity index (χ0n) is 15.7. The number of rotatable bonds is 5. The van der Waals surface area contributed by atoms with Gasteiger partial charge in [-0.3, -0.25) is 4.79 Å². The van der Waals surface area contributed by atoms with Gasteiger partial charge in [-0.15, -0.1) is 0 Å². The van der Waals surface area contributed by atoms with Gasteiger partial charge in [0.15, 0.2) is 5.76 Å². The van der Waals surface area contributed by atoms with Gasteiger partial charge >= 0.3 is 0 Å². The zero-order chi connectivity index (χ0) is 19.7. The summed E-state index contributed by atoms with van der Waals surface area (Å²) in [5.41, 5.74) is 3.60. The van der Waals surface area contributed by atoms with E-state index in [4.69, 9.17) is 20.4 Å². The summed E-state index contributed by atoms with van der Waals surface area (Å²) in [6, 6.07) is 17.1. The van der Waals surface area contributed by atoms with Crippen LogP contribution >= 0.6 is 11.6 Å². The van der Waals surface area contributed by atoms with Crippen molar-refractivity contribution in [2.75, 3.05) is 0 Å². The molecule has 0 radical (unpaired) electrons. The Balaban J connectivity index is 1.70. The van der Waals surface area contributed by atoms with Gasteiger partial charge in [-0.05, 0) is 55.3 Å². The largest absolute Gasteiger partial charge is 0.467 e. The molecule has 0 unspecified atom stereocenters. The van der Waals surface area contributed by atoms with E-state index in [1.165, 1.54) is 0 Å². The van der Waals surface area contributed by atoms with Crippen molar-refractivity contribution in [3.05, 3.63) is 94.1 Å². The number of carbonyl (C=O) groups is 1. The van der Waals surface area contributed by atoms with Gasteiger partial charge in [0, 0.05) is 22.5 Å². The highest BCUT2D eigenvalue weighted by molar-refractivity contribution is 6.30. The summed E-state index contributed by atoms with van der Waals surface area (Å²) >= 11 is 6.12. The molecule has 0 aliphatic rings. The van der Waals surface area contributed by atoms with Crippen molar-refractivity contribution in [1.29, 1.82) is 0 Å². The maximum Gasteiger partial charge on any atom is 0.290 e. The maximum absolute atomic E-state index is 13.4. The highest BCUT2D eigenvalue weighted by atomic mass is 35.5. The van der Waals surface area contributed by atoms with Crippen LogP contribution in [-0.4, -0.2) is 10.8 Å². The van der Waals surface area contributed by atoms with E-state index < -0.39 is 0 Å². The van der Waals surface area contributed by atoms with Gasteiger partial charge < -0.3 is 13.7 Å². The lowest BCUT2D eigenvalue weighted by molar-refractivity contribution is 0.0686. The number of aryl methyl sites for hydroxylation is 2. The first-order chi connectivity index (χ1) is 13.5. The van der Waals surface area contributed by atoms with Crippen LogP contribution in [0.5, 0.6) is 0 Å². The number of carbonyl (C=O) groups excluding carboxylic acids is 1. The minimum absolute atomic E-state index is 0.178. The first-order valence-electron chi connectivity index (χ1n) is 9.07. The van der Waals surface area contributed by atoms with Crippen molar-refractivity contribution in [2.24, 2.45) is 0 Å². The first kappa shape index (κ1) is 18.4. The second-order valence-corrected chi connectivity index (χ2v) is 7.36. The Morgan fingerprint density at radius 2 is 1.89 bits per heavy atom. The molecule has 4 aromatic rings. The Labute approximate surface area is 168 Å². The summed E-state index contributed by atoms with van der Waals surface area (Å²) < 4.78 is 11.4. The molecule has 0 aliphatic heterocycles. The summed E-state index contributed by atoms with van der Waals surface area (Å²) in [6.07, 6.45) is 1.60. The number of fused-ring (bicyclic) bond motifs is 1. The second-order valence-electron chi connectivity index (χ2n) is 6.93. The van der Waals surface area contributed by atoms with Crippen LogP contribution in [0.1, 0.15) is 33.0 Å². The molecule has 0 atom stereocenters. The molecule has 2 aromatic heterocycles. The zero-order valence-corrected chi connectivity index (χ0v) is 16.5. The minimum atomic E-state index is -0.178. The summed E-state index contributed by atoms with van der Waals surface area (Å²) in [5.74, 6) is 0.886. The van der Waals surface area contributed by atoms with E-state index in [2.05, 4.69) is 0 Å². The number of hydrogen-bond acceptors (Lipinski definition) is 3. The van der Waals surface area contributed by atoms with Crippen LogP contribution < -0.4 is 0 Å². The van der Waals surface area contributed by atoms with Gasteiger partial charge in [-0.25, -0.2) is 0 Å². The van der Waals surface area contributed by atoms with E-state index in [0.717, 1.165) is 27.7 Å². The van der Waals surface area contributed by atoms with E-state index >= 15 is 0 Å². The molecule has 0 saturated carbocycles. The molecular weight excluding hydrogens is 374 g/mol. The molecular formula is C23H20ClNO3. The van der Waals surface area contributed by atoms with Crippen LogP contribution in [-0.2, 0) is 13.1 Å². The van der Waals surface area contributed by atoms with Crippen molar-refractivity contribution in [1.82, 2.24) is 4.90 Å². The van der Waals surface area contributed by atoms with Crippen LogP contribution in [0.2, 0.25) is 5.02 Å². The monoisotopic (exact) mass is 393 g/mol. The Kier molecular flexibility index (Phi) is 4.97. The van der Waals surface area contributed by atoms with Gasteiger partial charge in [0.25, 0.3) is 5.91 Å². The van der Waals surface area contributed by atoms with Crippen molar-refractivity contribution in [3.63, 3.8) is 0 Å². The Hall–Kier alpha value is -2.98. The third kappa shape index (κ3) is 3.69. The van der Waals surface area contributed by atoms with Crippen LogP contribution in [0.4, 0.5) is 0 Å². The number of halogens is 1. The van der Waals surface area contributed by atoms with Crippen LogP contribution in [0.15, 0.2) is 69.7 Å². The maximum atomic E-state index is 13.4. The third-order valence-corrected chi connectivity index (χ3v) is 5.00. The highest BCUT2D eigenvalue weighted by Gasteiger charge is 2.24. The summed E-state index contributed by atoms with van der Waals surface area (Å²) in [7, 11) is 0. The van der Waals surface area contributed by atoms with Crippen molar-refractivity contribution < 1.29 is 13.6 Å². The van der Waals surface area contributed by atoms with Crippen molar-refractivity contribution in [3.8, 4) is 0 Å². The minimum Gasteiger partial charge on any atom is -0.467 e. The summed E-state index contributed by atoms with van der Waals surface area (Å²) in [4.78, 5) is 15.1. The lowest BCUT2D eigenvalue weighted by atomic mass is 10.1. The Bertz CT molecular complexity index is 1130. The topological polar surface area (TPSA) is 46.6 Å². The Morgan fingerprint density at radius 3 is 2.64 bits per heavy atom. The average molecular weight is 394 g/mol. The highest BCUT2D eigenvalue weighted by Crippen LogP contribution is 2.28. The molecule has 5 heteroatoms. The van der Waals surface area contributed by atoms with Gasteiger partial charge in [-0.2, -0.15) is 0 Å². The average Bonchev–Trinajstić information content (AvgIpc) is 3.28. The Morgan fingerprint density at radius 1 is 1.04 bits per heavy atom. The second kappa shape index (κ2) is 7.56. The van der Waals surface area contributed by atoms with Gasteiger partial charge in [0.1, 0.15) is 11.3 Å². The fourth-order valence-electron chi connectivity index (χ4n) is 3.33. The molecule has 142 valence electrons. The molecule has 0 bridgehead atoms. The number of hydrogen-bond donors (Lipinski definition) is 0. The number of amides is 1. The molecule has 2 aromatic carbocycles. The van der Waals surface area contributed by atoms with Crippen molar-refractivity contribution in [2.45, 2.75) is 26.9 Å². The van der Waals surface area contributed by atoms with Gasteiger partial charge in [0.05, 0.1) is 12.8 Å². The normalized spacial score (nSPS) is 11.1. The standard InChI is InChI=1S/C23H20ClNO3/c1-15-8-9-20-16(2)22(28-21(20)11-15)23(26)25(14-19-7-4-10-27-19)13-17-5-3-6-18(24)12-17/h3-12H,13-14H2,1-2H3. The predicted octanol–water partition coefficient (Wildman–Crippen LogP) is 6.14. The summed E-state index contributed by atoms with van der Waals surface area (Å²) in [5, 5.41) is 1.59. The molecule has 4 nitrogen and oxygen atoms in total. The molecule has 2 heterocycles. The first-order valence-corrected chi connectivity index (χ1v) is 9.45. The van der Waals surface area contributed by atoms with E-state index in [1.807, 2.05) is 68.4 Å². The molecule has 0 aliphatic carbocycles. The van der Waals surface area contributed by atoms with Crippen LogP contribution in [0.25, 0.3) is 11.0 Å². The molecule has 4 rings (SSSR count). The number of benzene rings is 2. The number of nitrogens with zero attached hydrogens (tertiary/aromatic N) is 1. The fourth-order valence-corrected chi connectivity index (χ4v) is 3.54. The molecule has 1 amide bonds. The van der Waals surface area contributed by atoms with Crippen LogP contribution in [0.3, 0.4) is 0 Å².